The molecule has 1 aliphatic rings. The molecule has 0 aliphatic heterocycles. The summed E-state index contributed by atoms with van der Waals surface area (Å²) in [5, 5.41) is 3.09. The number of carbonyl (C=O) groups is 1. The maximum Gasteiger partial charge on any atom is 0.238 e. The van der Waals surface area contributed by atoms with Crippen molar-refractivity contribution in [3.05, 3.63) is 29.3 Å². The summed E-state index contributed by atoms with van der Waals surface area (Å²) in [6.45, 7) is 6.85. The first-order valence-electron chi connectivity index (χ1n) is 7.61. The maximum atomic E-state index is 12.2. The van der Waals surface area contributed by atoms with Crippen molar-refractivity contribution in [2.75, 3.05) is 18.9 Å². The molecule has 0 saturated heterocycles. The van der Waals surface area contributed by atoms with Gasteiger partial charge < -0.3 is 5.32 Å². The van der Waals surface area contributed by atoms with Gasteiger partial charge >= 0.3 is 0 Å². The van der Waals surface area contributed by atoms with Crippen molar-refractivity contribution in [2.24, 2.45) is 5.92 Å². The fraction of sp³-hybridized carbons (Fsp3) is 0.588. The number of nitrogens with zero attached hydrogens (tertiary/aromatic N) is 1. The summed E-state index contributed by atoms with van der Waals surface area (Å²) >= 11 is 0. The van der Waals surface area contributed by atoms with Gasteiger partial charge in [-0.05, 0) is 57.2 Å². The maximum absolute atomic E-state index is 12.2. The number of aryl methyl sites for hydroxylation is 2. The highest BCUT2D eigenvalue weighted by atomic mass is 16.2. The largest absolute Gasteiger partial charge is 0.324 e. The lowest BCUT2D eigenvalue weighted by molar-refractivity contribution is -0.117. The molecule has 0 heterocycles. The molecule has 3 heteroatoms. The van der Waals surface area contributed by atoms with Crippen LogP contribution in [0.2, 0.25) is 0 Å². The van der Waals surface area contributed by atoms with Gasteiger partial charge in [0.15, 0.2) is 0 Å². The zero-order valence-corrected chi connectivity index (χ0v) is 13.1. The Kier molecular flexibility index (Phi) is 4.81. The first-order valence-corrected chi connectivity index (χ1v) is 7.61. The van der Waals surface area contributed by atoms with Crippen LogP contribution in [0, 0.1) is 12.8 Å². The Morgan fingerprint density at radius 1 is 1.45 bits per heavy atom. The Morgan fingerprint density at radius 2 is 2.15 bits per heavy atom. The molecule has 20 heavy (non-hydrogen) atoms. The third kappa shape index (κ3) is 3.60. The second-order valence-electron chi connectivity index (χ2n) is 6.00. The van der Waals surface area contributed by atoms with Crippen LogP contribution in [0.5, 0.6) is 0 Å². The van der Waals surface area contributed by atoms with E-state index in [1.54, 1.807) is 0 Å². The minimum Gasteiger partial charge on any atom is -0.324 e. The predicted molar refractivity (Wildman–Crippen MR) is 84.0 cm³/mol. The molecule has 1 aromatic rings. The van der Waals surface area contributed by atoms with Crippen LogP contribution in [0.1, 0.15) is 37.8 Å². The van der Waals surface area contributed by atoms with Gasteiger partial charge in [-0.25, -0.2) is 0 Å². The van der Waals surface area contributed by atoms with Gasteiger partial charge in [0.1, 0.15) is 0 Å². The Labute approximate surface area is 122 Å². The molecule has 110 valence electrons. The molecule has 0 radical (unpaired) electrons. The Bertz CT molecular complexity index is 480. The second kappa shape index (κ2) is 6.40. The summed E-state index contributed by atoms with van der Waals surface area (Å²) in [7, 11) is 2.04. The monoisotopic (exact) mass is 274 g/mol. The number of likely N-dealkylation sites (N-methyl/N-ethyl adjacent to an activating group) is 1. The van der Waals surface area contributed by atoms with E-state index in [0.29, 0.717) is 12.6 Å². The van der Waals surface area contributed by atoms with Crippen LogP contribution in [0.25, 0.3) is 0 Å². The lowest BCUT2D eigenvalue weighted by Gasteiger charge is -2.24. The highest BCUT2D eigenvalue weighted by Gasteiger charge is 2.31. The summed E-state index contributed by atoms with van der Waals surface area (Å²) in [6, 6.07) is 6.68. The van der Waals surface area contributed by atoms with Gasteiger partial charge in [-0.3, -0.25) is 9.69 Å². The molecule has 1 aromatic carbocycles. The van der Waals surface area contributed by atoms with Crippen molar-refractivity contribution in [3.8, 4) is 0 Å². The molecule has 2 rings (SSSR count). The summed E-state index contributed by atoms with van der Waals surface area (Å²) in [4.78, 5) is 14.4. The molecule has 0 aromatic heterocycles. The Balaban J connectivity index is 1.97. The smallest absolute Gasteiger partial charge is 0.238 e. The summed E-state index contributed by atoms with van der Waals surface area (Å²) < 4.78 is 0. The molecule has 1 saturated carbocycles. The van der Waals surface area contributed by atoms with Gasteiger partial charge in [0.2, 0.25) is 5.91 Å². The Hall–Kier alpha value is -1.35. The molecule has 3 nitrogen and oxygen atoms in total. The number of nitrogens with one attached hydrogen (secondary N) is 1. The highest BCUT2D eigenvalue weighted by Crippen LogP contribution is 2.34. The summed E-state index contributed by atoms with van der Waals surface area (Å²) in [6.07, 6.45) is 3.56. The molecular formula is C17H26N2O. The van der Waals surface area contributed by atoms with Gasteiger partial charge in [0.05, 0.1) is 6.54 Å². The van der Waals surface area contributed by atoms with Crippen molar-refractivity contribution < 1.29 is 4.79 Å². The molecule has 1 fully saturated rings. The number of anilines is 1. The van der Waals surface area contributed by atoms with E-state index >= 15 is 0 Å². The van der Waals surface area contributed by atoms with Crippen LogP contribution >= 0.6 is 0 Å². The van der Waals surface area contributed by atoms with Gasteiger partial charge in [-0.15, -0.1) is 0 Å². The standard InChI is InChI=1S/C17H26N2O/c1-5-14-8-6-7-12(2)17(14)18-16(20)11-19(4)13(3)15-9-10-15/h6-8,13,15H,5,9-11H2,1-4H3,(H,18,20). The summed E-state index contributed by atoms with van der Waals surface area (Å²) in [5.74, 6) is 0.876. The van der Waals surface area contributed by atoms with E-state index in [9.17, 15) is 4.79 Å². The van der Waals surface area contributed by atoms with Crippen LogP contribution in [-0.4, -0.2) is 30.4 Å². The van der Waals surface area contributed by atoms with E-state index in [2.05, 4.69) is 30.1 Å². The molecule has 1 N–H and O–H groups in total. The number of rotatable bonds is 6. The first kappa shape index (κ1) is 15.0. The van der Waals surface area contributed by atoms with Crippen molar-refractivity contribution >= 4 is 11.6 Å². The molecule has 1 amide bonds. The number of hydrogen-bond acceptors (Lipinski definition) is 2. The lowest BCUT2D eigenvalue weighted by Crippen LogP contribution is -2.37. The van der Waals surface area contributed by atoms with E-state index in [1.165, 1.54) is 18.4 Å². The number of benzene rings is 1. The zero-order chi connectivity index (χ0) is 14.7. The fourth-order valence-electron chi connectivity index (χ4n) is 2.69. The summed E-state index contributed by atoms with van der Waals surface area (Å²) in [5.41, 5.74) is 3.33. The van der Waals surface area contributed by atoms with Crippen molar-refractivity contribution in [1.29, 1.82) is 0 Å². The molecule has 0 bridgehead atoms. The number of carbonyl (C=O) groups excluding carboxylic acids is 1. The van der Waals surface area contributed by atoms with E-state index in [0.717, 1.165) is 23.6 Å². The molecule has 1 unspecified atom stereocenters. The van der Waals surface area contributed by atoms with Crippen molar-refractivity contribution in [1.82, 2.24) is 4.90 Å². The molecule has 1 aliphatic carbocycles. The SMILES string of the molecule is CCc1cccc(C)c1NC(=O)CN(C)C(C)C1CC1. The Morgan fingerprint density at radius 3 is 2.75 bits per heavy atom. The van der Waals surface area contributed by atoms with Gasteiger partial charge in [-0.2, -0.15) is 0 Å². The van der Waals surface area contributed by atoms with Crippen LogP contribution < -0.4 is 5.32 Å². The number of para-hydroxylation sites is 1. The zero-order valence-electron chi connectivity index (χ0n) is 13.1. The van der Waals surface area contributed by atoms with Crippen molar-refractivity contribution in [3.63, 3.8) is 0 Å². The third-order valence-electron chi connectivity index (χ3n) is 4.40. The van der Waals surface area contributed by atoms with Crippen LogP contribution in [-0.2, 0) is 11.2 Å². The van der Waals surface area contributed by atoms with Gasteiger partial charge in [-0.1, -0.05) is 25.1 Å². The van der Waals surface area contributed by atoms with Crippen LogP contribution in [0.4, 0.5) is 5.69 Å². The number of hydrogen-bond donors (Lipinski definition) is 1. The van der Waals surface area contributed by atoms with Gasteiger partial charge in [0, 0.05) is 11.7 Å². The quantitative estimate of drug-likeness (QED) is 0.864. The van der Waals surface area contributed by atoms with E-state index < -0.39 is 0 Å². The lowest BCUT2D eigenvalue weighted by atomic mass is 10.1. The second-order valence-corrected chi connectivity index (χ2v) is 6.00. The topological polar surface area (TPSA) is 32.3 Å². The van der Waals surface area contributed by atoms with Gasteiger partial charge in [0.25, 0.3) is 0 Å². The minimum absolute atomic E-state index is 0.0870. The molecular weight excluding hydrogens is 248 g/mol. The van der Waals surface area contributed by atoms with E-state index in [-0.39, 0.29) is 5.91 Å². The first-order chi connectivity index (χ1) is 9.52. The van der Waals surface area contributed by atoms with Crippen molar-refractivity contribution in [2.45, 2.75) is 46.1 Å². The normalized spacial score (nSPS) is 16.2. The number of amides is 1. The average Bonchev–Trinajstić information content (AvgIpc) is 3.24. The minimum atomic E-state index is 0.0870. The molecule has 0 spiro atoms. The van der Waals surface area contributed by atoms with E-state index in [4.69, 9.17) is 0 Å². The average molecular weight is 274 g/mol. The van der Waals surface area contributed by atoms with Crippen LogP contribution in [0.15, 0.2) is 18.2 Å². The van der Waals surface area contributed by atoms with Crippen LogP contribution in [0.3, 0.4) is 0 Å². The predicted octanol–water partition coefficient (Wildman–Crippen LogP) is 3.23. The molecule has 1 atom stereocenters. The third-order valence-corrected chi connectivity index (χ3v) is 4.40. The fourth-order valence-corrected chi connectivity index (χ4v) is 2.69. The van der Waals surface area contributed by atoms with E-state index in [1.807, 2.05) is 26.1 Å². The highest BCUT2D eigenvalue weighted by molar-refractivity contribution is 5.93.